The van der Waals surface area contributed by atoms with Gasteiger partial charge in [-0.15, -0.1) is 10.2 Å². The van der Waals surface area contributed by atoms with Crippen molar-refractivity contribution in [2.45, 2.75) is 32.9 Å². The van der Waals surface area contributed by atoms with E-state index >= 15 is 0 Å². The molecule has 0 unspecified atom stereocenters. The van der Waals surface area contributed by atoms with Crippen LogP contribution in [0, 0.1) is 0 Å². The van der Waals surface area contributed by atoms with E-state index < -0.39 is 0 Å². The van der Waals surface area contributed by atoms with E-state index in [1.54, 1.807) is 18.5 Å². The first kappa shape index (κ1) is 11.7. The van der Waals surface area contributed by atoms with Gasteiger partial charge in [0.15, 0.2) is 0 Å². The zero-order chi connectivity index (χ0) is 12.3. The average Bonchev–Trinajstić information content (AvgIpc) is 2.75. The van der Waals surface area contributed by atoms with Crippen molar-refractivity contribution in [2.75, 3.05) is 0 Å². The Bertz CT molecular complexity index is 474. The quantitative estimate of drug-likeness (QED) is 0.863. The fourth-order valence-electron chi connectivity index (χ4n) is 1.20. The van der Waals surface area contributed by atoms with Crippen molar-refractivity contribution in [2.24, 2.45) is 0 Å². The molecule has 0 amide bonds. The smallest absolute Gasteiger partial charge is 0.249 e. The Balaban J connectivity index is 2.07. The Morgan fingerprint density at radius 2 is 2.06 bits per heavy atom. The van der Waals surface area contributed by atoms with Crippen molar-refractivity contribution < 1.29 is 4.42 Å². The Kier molecular flexibility index (Phi) is 3.14. The zero-order valence-corrected chi connectivity index (χ0v) is 10.1. The lowest BCUT2D eigenvalue weighted by atomic mass is 10.1. The zero-order valence-electron chi connectivity index (χ0n) is 10.1. The summed E-state index contributed by atoms with van der Waals surface area (Å²) in [5.41, 5.74) is 0.793. The van der Waals surface area contributed by atoms with Crippen LogP contribution in [0.15, 0.2) is 22.9 Å². The fraction of sp³-hybridized carbons (Fsp3) is 0.455. The predicted octanol–water partition coefficient (Wildman–Crippen LogP) is 1.41. The summed E-state index contributed by atoms with van der Waals surface area (Å²) in [6.07, 6.45) is 3.18. The first-order valence-electron chi connectivity index (χ1n) is 5.39. The molecule has 90 valence electrons. The number of nitrogens with zero attached hydrogens (tertiary/aromatic N) is 4. The molecule has 0 aliphatic rings. The molecule has 6 heteroatoms. The van der Waals surface area contributed by atoms with E-state index in [0.29, 0.717) is 18.3 Å². The molecule has 0 bridgehead atoms. The van der Waals surface area contributed by atoms with E-state index in [1.165, 1.54) is 0 Å². The average molecular weight is 233 g/mol. The largest absolute Gasteiger partial charge is 0.419 e. The molecule has 0 aliphatic carbocycles. The van der Waals surface area contributed by atoms with Crippen molar-refractivity contribution >= 4 is 0 Å². The van der Waals surface area contributed by atoms with Crippen LogP contribution >= 0.6 is 0 Å². The normalized spacial score (nSPS) is 11.7. The second-order valence-corrected chi connectivity index (χ2v) is 4.74. The van der Waals surface area contributed by atoms with E-state index in [1.807, 2.05) is 0 Å². The summed E-state index contributed by atoms with van der Waals surface area (Å²) >= 11 is 0. The molecule has 6 nitrogen and oxygen atoms in total. The summed E-state index contributed by atoms with van der Waals surface area (Å²) in [7, 11) is 0. The Morgan fingerprint density at radius 3 is 2.71 bits per heavy atom. The molecule has 2 heterocycles. The maximum Gasteiger partial charge on any atom is 0.249 e. The highest BCUT2D eigenvalue weighted by atomic mass is 16.4. The molecular weight excluding hydrogens is 218 g/mol. The highest BCUT2D eigenvalue weighted by Gasteiger charge is 2.12. The van der Waals surface area contributed by atoms with Gasteiger partial charge < -0.3 is 9.73 Å². The molecule has 2 aromatic heterocycles. The second kappa shape index (κ2) is 4.58. The van der Waals surface area contributed by atoms with Crippen molar-refractivity contribution in [3.05, 3.63) is 24.4 Å². The summed E-state index contributed by atoms with van der Waals surface area (Å²) in [6.45, 7) is 6.79. The third-order valence-corrected chi connectivity index (χ3v) is 2.07. The van der Waals surface area contributed by atoms with E-state index in [-0.39, 0.29) is 5.54 Å². The number of nitrogens with one attached hydrogen (secondary N) is 1. The highest BCUT2D eigenvalue weighted by Crippen LogP contribution is 2.15. The maximum atomic E-state index is 5.51. The van der Waals surface area contributed by atoms with Crippen LogP contribution in [-0.2, 0) is 6.54 Å². The molecule has 0 saturated heterocycles. The van der Waals surface area contributed by atoms with Gasteiger partial charge >= 0.3 is 0 Å². The van der Waals surface area contributed by atoms with Crippen LogP contribution in [0.2, 0.25) is 0 Å². The van der Waals surface area contributed by atoms with Gasteiger partial charge in [0.05, 0.1) is 24.5 Å². The van der Waals surface area contributed by atoms with Gasteiger partial charge in [-0.3, -0.25) is 0 Å². The van der Waals surface area contributed by atoms with Gasteiger partial charge in [-0.05, 0) is 26.8 Å². The van der Waals surface area contributed by atoms with Crippen LogP contribution in [0.5, 0.6) is 0 Å². The minimum absolute atomic E-state index is 0.0207. The third-order valence-electron chi connectivity index (χ3n) is 2.07. The van der Waals surface area contributed by atoms with Crippen molar-refractivity contribution in [3.8, 4) is 11.5 Å². The molecule has 0 spiro atoms. The van der Waals surface area contributed by atoms with Crippen molar-refractivity contribution in [1.82, 2.24) is 25.7 Å². The number of aromatic nitrogens is 4. The molecule has 0 radical (unpaired) electrons. The van der Waals surface area contributed by atoms with Crippen LogP contribution < -0.4 is 5.32 Å². The van der Waals surface area contributed by atoms with Crippen LogP contribution in [0.25, 0.3) is 11.5 Å². The summed E-state index contributed by atoms with van der Waals surface area (Å²) in [4.78, 5) is 0. The predicted molar refractivity (Wildman–Crippen MR) is 61.9 cm³/mol. The first-order chi connectivity index (χ1) is 8.04. The molecular formula is C11H15N5O. The Labute approximate surface area is 99.5 Å². The van der Waals surface area contributed by atoms with Gasteiger partial charge in [0.1, 0.15) is 0 Å². The van der Waals surface area contributed by atoms with Gasteiger partial charge in [0, 0.05) is 5.54 Å². The molecule has 1 N–H and O–H groups in total. The summed E-state index contributed by atoms with van der Waals surface area (Å²) in [6, 6.07) is 1.78. The van der Waals surface area contributed by atoms with Crippen molar-refractivity contribution in [3.63, 3.8) is 0 Å². The SMILES string of the molecule is CC(C)(C)NCc1nnc(-c2ccnnc2)o1. The molecule has 17 heavy (non-hydrogen) atoms. The van der Waals surface area contributed by atoms with Gasteiger partial charge in [-0.25, -0.2) is 0 Å². The van der Waals surface area contributed by atoms with Crippen LogP contribution in [0.4, 0.5) is 0 Å². The van der Waals surface area contributed by atoms with Crippen LogP contribution in [0.3, 0.4) is 0 Å². The Hall–Kier alpha value is -1.82. The van der Waals surface area contributed by atoms with Gasteiger partial charge in [0.25, 0.3) is 0 Å². The summed E-state index contributed by atoms with van der Waals surface area (Å²) < 4.78 is 5.51. The maximum absolute atomic E-state index is 5.51. The number of hydrogen-bond donors (Lipinski definition) is 1. The number of rotatable bonds is 3. The number of hydrogen-bond acceptors (Lipinski definition) is 6. The lowest BCUT2D eigenvalue weighted by molar-refractivity contribution is 0.383. The van der Waals surface area contributed by atoms with E-state index in [0.717, 1.165) is 5.56 Å². The van der Waals surface area contributed by atoms with Crippen LogP contribution in [-0.4, -0.2) is 25.9 Å². The van der Waals surface area contributed by atoms with Gasteiger partial charge in [-0.2, -0.15) is 10.2 Å². The molecule has 0 aliphatic heterocycles. The Morgan fingerprint density at radius 1 is 1.24 bits per heavy atom. The lowest BCUT2D eigenvalue weighted by Crippen LogP contribution is -2.35. The first-order valence-corrected chi connectivity index (χ1v) is 5.39. The van der Waals surface area contributed by atoms with Crippen molar-refractivity contribution in [1.29, 1.82) is 0 Å². The molecule has 0 atom stereocenters. The monoisotopic (exact) mass is 233 g/mol. The van der Waals surface area contributed by atoms with Gasteiger partial charge in [0.2, 0.25) is 11.8 Å². The van der Waals surface area contributed by atoms with E-state index in [9.17, 15) is 0 Å². The molecule has 0 saturated carbocycles. The molecule has 2 rings (SSSR count). The topological polar surface area (TPSA) is 76.7 Å². The minimum Gasteiger partial charge on any atom is -0.419 e. The molecule has 0 fully saturated rings. The molecule has 2 aromatic rings. The minimum atomic E-state index is 0.0207. The van der Waals surface area contributed by atoms with Crippen LogP contribution in [0.1, 0.15) is 26.7 Å². The molecule has 0 aromatic carbocycles. The summed E-state index contributed by atoms with van der Waals surface area (Å²) in [5.74, 6) is 1.03. The van der Waals surface area contributed by atoms with E-state index in [4.69, 9.17) is 4.42 Å². The second-order valence-electron chi connectivity index (χ2n) is 4.74. The highest BCUT2D eigenvalue weighted by molar-refractivity contribution is 5.49. The summed E-state index contributed by atoms with van der Waals surface area (Å²) in [5, 5.41) is 18.7. The fourth-order valence-corrected chi connectivity index (χ4v) is 1.20. The van der Waals surface area contributed by atoms with Gasteiger partial charge in [-0.1, -0.05) is 0 Å². The third kappa shape index (κ3) is 3.32. The standard InChI is InChI=1S/C11H15N5O/c1-11(2,3)12-7-9-15-16-10(17-9)8-4-5-13-14-6-8/h4-6,12H,7H2,1-3H3. The van der Waals surface area contributed by atoms with E-state index in [2.05, 4.69) is 46.5 Å². The lowest BCUT2D eigenvalue weighted by Gasteiger charge is -2.18.